The van der Waals surface area contributed by atoms with Crippen molar-refractivity contribution in [3.8, 4) is 0 Å². The van der Waals surface area contributed by atoms with Crippen molar-refractivity contribution in [2.45, 2.75) is 221 Å². The van der Waals surface area contributed by atoms with E-state index in [1.54, 1.807) is 50.4 Å². The summed E-state index contributed by atoms with van der Waals surface area (Å²) >= 11 is 1.25. The lowest BCUT2D eigenvalue weighted by atomic mass is 10.00. The van der Waals surface area contributed by atoms with Crippen molar-refractivity contribution in [1.82, 2.24) is 95.7 Å². The Morgan fingerprint density at radius 2 is 0.653 bits per heavy atom. The van der Waals surface area contributed by atoms with Gasteiger partial charge in [-0.25, -0.2) is 4.79 Å². The van der Waals surface area contributed by atoms with Crippen molar-refractivity contribution in [3.63, 3.8) is 0 Å². The SMILES string of the molecule is CSCCC(NC(=O)C(CCC(N)=O)NC(=O)C(CO)NC(=O)C(CCCNC(=N)N)NC(=O)C(CCCCN)NC(=O)C(CCCNC(=N)N)NC(=O)C(CCCCN)NC(=O)CN)C(=O)NC(CC(C)C)C(=O)NC(Cc1ccccc1)C(=O)NC(CCCNC(=N)N)C(=O)NCC(=O)NC(CCCNC(=N)N)C(=O)NC(CCCNC(=N)N)C(=O)O. The van der Waals surface area contributed by atoms with Gasteiger partial charge in [0.05, 0.1) is 19.7 Å². The van der Waals surface area contributed by atoms with Crippen LogP contribution in [0.25, 0.3) is 0 Å². The van der Waals surface area contributed by atoms with Crippen molar-refractivity contribution < 1.29 is 82.1 Å². The van der Waals surface area contributed by atoms with E-state index in [0.717, 1.165) is 0 Å². The Kier molecular flexibility index (Phi) is 55.7. The van der Waals surface area contributed by atoms with Crippen LogP contribution < -0.4 is 147 Å². The van der Waals surface area contributed by atoms with Crippen molar-refractivity contribution in [2.24, 2.45) is 57.5 Å². The molecule has 0 aliphatic rings. The predicted octanol–water partition coefficient (Wildman–Crippen LogP) is -10.2. The molecule has 0 fully saturated rings. The van der Waals surface area contributed by atoms with Gasteiger partial charge in [-0.3, -0.25) is 94.2 Å². The van der Waals surface area contributed by atoms with Gasteiger partial charge in [0, 0.05) is 45.6 Å². The maximum absolute atomic E-state index is 14.8. The van der Waals surface area contributed by atoms with Gasteiger partial charge < -0.3 is 158 Å². The van der Waals surface area contributed by atoms with Gasteiger partial charge in [0.15, 0.2) is 29.8 Å². The Balaban J connectivity index is 3.78. The highest BCUT2D eigenvalue weighted by molar-refractivity contribution is 7.98. The van der Waals surface area contributed by atoms with Gasteiger partial charge in [-0.1, -0.05) is 44.2 Å². The minimum Gasteiger partial charge on any atom is -0.480 e. The van der Waals surface area contributed by atoms with E-state index in [9.17, 15) is 82.1 Å². The third kappa shape index (κ3) is 49.0. The molecule has 12 atom stereocenters. The number of unbranched alkanes of at least 4 members (excludes halogenated alkanes) is 2. The number of nitrogens with two attached hydrogens (primary N) is 9. The lowest BCUT2D eigenvalue weighted by Crippen LogP contribution is -2.61. The first-order valence-corrected chi connectivity index (χ1v) is 42.2. The number of thioether (sulfide) groups is 1. The van der Waals surface area contributed by atoms with E-state index in [1.165, 1.54) is 11.8 Å². The molecule has 124 heavy (non-hydrogen) atoms. The molecule has 0 bridgehead atoms. The fraction of sp³-hybridized carbons (Fsp3) is 0.649. The number of aliphatic hydroxyl groups excluding tert-OH is 1. The van der Waals surface area contributed by atoms with E-state index in [1.807, 2.05) is 0 Å². The Hall–Kier alpha value is -12.2. The van der Waals surface area contributed by atoms with E-state index in [0.29, 0.717) is 24.8 Å². The quantitative estimate of drug-likeness (QED) is 0.0164. The standard InChI is InChI=1S/C74H134N32O17S/c1-41(2)36-52(66(119)105-53(37-42-16-5-4-6-17-42)67(120)97-43(20-11-30-89-70(79)80)58(111)94-39-57(110)96-45(21-12-31-90-71(81)82)60(113)103-51(69(122)123)24-15-34-93-74(87)88)104-65(118)50(27-35-124-3)102-64(117)49(25-26-55(78)108)101-68(121)54(40-107)106-63(116)48(23-14-33-92-73(85)86)100-61(114)46(19-8-10-29-76)98-62(115)47(22-13-32-91-72(83)84)99-59(112)44(18-7-9-28-75)95-56(109)38-77/h4-6,16-17,41,43-54,107H,7-15,18-40,75-77H2,1-3H3,(H2,78,108)(H,94,111)(H,95,109)(H,96,110)(H,97,120)(H,98,115)(H,99,112)(H,100,114)(H,101,121)(H,102,117)(H,103,113)(H,104,118)(H,105,119)(H,106,116)(H,122,123)(H4,79,80,89)(H4,81,82,90)(H4,83,84,91)(H4,85,86,92)(H4,87,88,93). The van der Waals surface area contributed by atoms with Gasteiger partial charge in [-0.05, 0) is 159 Å². The van der Waals surface area contributed by atoms with E-state index in [2.05, 4.69) is 95.7 Å². The lowest BCUT2D eigenvalue weighted by molar-refractivity contribution is -0.142. The minimum absolute atomic E-state index is 0.0105. The summed E-state index contributed by atoms with van der Waals surface area (Å²) in [6.07, 6.45) is 1.43. The van der Waals surface area contributed by atoms with Crippen LogP contribution in [-0.2, 0) is 78.3 Å². The maximum Gasteiger partial charge on any atom is 0.326 e. The summed E-state index contributed by atoms with van der Waals surface area (Å²) in [5.74, 6) is -16.8. The number of aliphatic hydroxyl groups is 1. The number of hydrogen-bond donors (Lipinski definition) is 34. The smallest absolute Gasteiger partial charge is 0.326 e. The zero-order valence-corrected chi connectivity index (χ0v) is 71.5. The monoisotopic (exact) mass is 1780 g/mol. The number of carbonyl (C=O) groups is 15. The molecule has 0 heterocycles. The molecule has 0 aromatic heterocycles. The lowest BCUT2D eigenvalue weighted by Gasteiger charge is -2.28. The zero-order valence-electron chi connectivity index (χ0n) is 70.6. The number of benzene rings is 1. The molecule has 1 rings (SSSR count). The molecule has 0 aliphatic carbocycles. The predicted molar refractivity (Wildman–Crippen MR) is 463 cm³/mol. The Morgan fingerprint density at radius 3 is 1.00 bits per heavy atom. The summed E-state index contributed by atoms with van der Waals surface area (Å²) in [5.41, 5.74) is 50.3. The van der Waals surface area contributed by atoms with Gasteiger partial charge in [0.25, 0.3) is 0 Å². The molecule has 43 N–H and O–H groups in total. The Morgan fingerprint density at radius 1 is 0.355 bits per heavy atom. The van der Waals surface area contributed by atoms with Crippen LogP contribution in [0.4, 0.5) is 0 Å². The van der Waals surface area contributed by atoms with Gasteiger partial charge in [-0.2, -0.15) is 11.8 Å². The van der Waals surface area contributed by atoms with Crippen LogP contribution in [0.1, 0.15) is 148 Å². The minimum atomic E-state index is -1.93. The average molecular weight is 1780 g/mol. The number of carboxylic acid groups (broad SMARTS) is 1. The normalized spacial score (nSPS) is 13.8. The second-order valence-electron chi connectivity index (χ2n) is 29.4. The molecule has 0 aliphatic heterocycles. The third-order valence-electron chi connectivity index (χ3n) is 18.5. The molecule has 0 saturated carbocycles. The van der Waals surface area contributed by atoms with Gasteiger partial charge >= 0.3 is 5.97 Å². The average Bonchev–Trinajstić information content (AvgIpc) is 0.853. The summed E-state index contributed by atoms with van der Waals surface area (Å²) in [6, 6.07) is -9.80. The third-order valence-corrected chi connectivity index (χ3v) is 19.1. The Labute approximate surface area is 724 Å². The van der Waals surface area contributed by atoms with E-state index in [4.69, 9.17) is 78.6 Å². The number of carbonyl (C=O) groups excluding carboxylic acids is 14. The van der Waals surface area contributed by atoms with E-state index < -0.39 is 206 Å². The molecular weight excluding hydrogens is 1640 g/mol. The molecule has 698 valence electrons. The fourth-order valence-corrected chi connectivity index (χ4v) is 12.5. The van der Waals surface area contributed by atoms with Crippen LogP contribution in [0, 0.1) is 33.0 Å². The molecule has 0 spiro atoms. The maximum atomic E-state index is 14.8. The summed E-state index contributed by atoms with van der Waals surface area (Å²) in [6.45, 7) is 1.71. The number of primary amides is 1. The largest absolute Gasteiger partial charge is 0.480 e. The summed E-state index contributed by atoms with van der Waals surface area (Å²) in [5, 5.41) is 104. The Bertz CT molecular complexity index is 3650. The number of nitrogens with one attached hydrogen (secondary N) is 23. The number of rotatable bonds is 66. The zero-order chi connectivity index (χ0) is 93.2. The summed E-state index contributed by atoms with van der Waals surface area (Å²) in [7, 11) is 0. The summed E-state index contributed by atoms with van der Waals surface area (Å²) < 4.78 is 0. The van der Waals surface area contributed by atoms with Crippen LogP contribution in [0.5, 0.6) is 0 Å². The highest BCUT2D eigenvalue weighted by atomic mass is 32.2. The number of amides is 14. The first-order valence-electron chi connectivity index (χ1n) is 40.8. The number of hydrogen-bond acceptors (Lipinski definition) is 25. The molecule has 14 amide bonds. The van der Waals surface area contributed by atoms with Crippen molar-refractivity contribution >= 4 is 130 Å². The van der Waals surface area contributed by atoms with Crippen LogP contribution in [0.3, 0.4) is 0 Å². The summed E-state index contributed by atoms with van der Waals surface area (Å²) in [4.78, 5) is 209. The number of aliphatic carboxylic acids is 1. The molecule has 12 unspecified atom stereocenters. The van der Waals surface area contributed by atoms with Crippen molar-refractivity contribution in [1.29, 1.82) is 27.0 Å². The van der Waals surface area contributed by atoms with Gasteiger partial charge in [0.2, 0.25) is 82.7 Å². The molecule has 50 heteroatoms. The van der Waals surface area contributed by atoms with Crippen molar-refractivity contribution in [3.05, 3.63) is 35.9 Å². The first-order chi connectivity index (χ1) is 58.8. The molecule has 49 nitrogen and oxygen atoms in total. The highest BCUT2D eigenvalue weighted by Crippen LogP contribution is 2.15. The number of carboxylic acids is 1. The van der Waals surface area contributed by atoms with Crippen LogP contribution in [0.2, 0.25) is 0 Å². The van der Waals surface area contributed by atoms with Crippen molar-refractivity contribution in [2.75, 3.05) is 77.5 Å². The highest BCUT2D eigenvalue weighted by Gasteiger charge is 2.38. The van der Waals surface area contributed by atoms with Gasteiger partial charge in [-0.15, -0.1) is 0 Å². The number of guanidine groups is 5. The second kappa shape index (κ2) is 62.8. The van der Waals surface area contributed by atoms with E-state index in [-0.39, 0.29) is 178 Å². The topological polar surface area (TPSA) is 866 Å². The van der Waals surface area contributed by atoms with Crippen LogP contribution in [-0.4, -0.2) is 279 Å². The molecule has 0 radical (unpaired) electrons. The molecule has 1 aromatic carbocycles. The van der Waals surface area contributed by atoms with Crippen LogP contribution in [0.15, 0.2) is 30.3 Å². The van der Waals surface area contributed by atoms with Gasteiger partial charge in [0.1, 0.15) is 72.5 Å². The second-order valence-corrected chi connectivity index (χ2v) is 30.4. The molecule has 1 aromatic rings. The molecule has 0 saturated heterocycles. The fourth-order valence-electron chi connectivity index (χ4n) is 12.0. The first kappa shape index (κ1) is 110. The van der Waals surface area contributed by atoms with E-state index >= 15 is 0 Å². The molecular formula is C74H134N32O17S. The van der Waals surface area contributed by atoms with Crippen LogP contribution >= 0.6 is 11.8 Å².